The number of allylic oxidation sites excluding steroid dienone is 2. The van der Waals surface area contributed by atoms with Crippen LogP contribution in [0.15, 0.2) is 82.3 Å². The third kappa shape index (κ3) is 2.87. The lowest BCUT2D eigenvalue weighted by Crippen LogP contribution is -2.29. The average Bonchev–Trinajstić information content (AvgIpc) is 3.25. The summed E-state index contributed by atoms with van der Waals surface area (Å²) in [5.74, 6) is 0.805. The van der Waals surface area contributed by atoms with Gasteiger partial charge in [-0.05, 0) is 58.7 Å². The first-order valence-electron chi connectivity index (χ1n) is 10.7. The Hall–Kier alpha value is -2.38. The van der Waals surface area contributed by atoms with Crippen molar-refractivity contribution in [3.05, 3.63) is 105 Å². The Bertz CT molecular complexity index is 1190. The Morgan fingerprint density at radius 3 is 1.90 bits per heavy atom. The van der Waals surface area contributed by atoms with Crippen LogP contribution in [-0.2, 0) is 0 Å². The molecule has 1 heteroatoms. The zero-order chi connectivity index (χ0) is 21.0. The Morgan fingerprint density at radius 1 is 0.667 bits per heavy atom. The van der Waals surface area contributed by atoms with E-state index in [1.54, 1.807) is 0 Å². The topological polar surface area (TPSA) is 0 Å². The summed E-state index contributed by atoms with van der Waals surface area (Å²) in [5.41, 5.74) is 11.3. The highest BCUT2D eigenvalue weighted by Gasteiger charge is 2.45. The number of halogens is 1. The third-order valence-electron chi connectivity index (χ3n) is 7.08. The SMILES string of the molecule is CC1=Cc2c(Br)cccc2C1C(C)(C)C1C(C)=Cc2c(-c3ccccc3)cccc21. The van der Waals surface area contributed by atoms with Gasteiger partial charge in [0, 0.05) is 16.3 Å². The van der Waals surface area contributed by atoms with E-state index in [4.69, 9.17) is 0 Å². The molecular weight excluding hydrogens is 428 g/mol. The van der Waals surface area contributed by atoms with Crippen LogP contribution in [-0.4, -0.2) is 0 Å². The van der Waals surface area contributed by atoms with Crippen molar-refractivity contribution in [2.24, 2.45) is 5.41 Å². The normalized spacial score (nSPS) is 19.9. The van der Waals surface area contributed by atoms with Crippen LogP contribution in [0.25, 0.3) is 23.3 Å². The molecule has 0 aliphatic heterocycles. The molecule has 2 aliphatic carbocycles. The maximum atomic E-state index is 3.77. The molecule has 0 radical (unpaired) electrons. The minimum atomic E-state index is 0.0633. The highest BCUT2D eigenvalue weighted by Crippen LogP contribution is 2.59. The van der Waals surface area contributed by atoms with Crippen molar-refractivity contribution in [1.82, 2.24) is 0 Å². The summed E-state index contributed by atoms with van der Waals surface area (Å²) in [6, 6.07) is 24.3. The largest absolute Gasteiger partial charge is 0.0646 e. The first-order chi connectivity index (χ1) is 14.4. The van der Waals surface area contributed by atoms with E-state index in [1.807, 2.05) is 0 Å². The molecule has 0 fully saturated rings. The van der Waals surface area contributed by atoms with E-state index in [0.717, 1.165) is 0 Å². The van der Waals surface area contributed by atoms with Crippen molar-refractivity contribution >= 4 is 28.1 Å². The summed E-state index contributed by atoms with van der Waals surface area (Å²) >= 11 is 3.77. The van der Waals surface area contributed by atoms with E-state index in [2.05, 4.69) is 123 Å². The van der Waals surface area contributed by atoms with E-state index >= 15 is 0 Å². The van der Waals surface area contributed by atoms with Gasteiger partial charge in [-0.25, -0.2) is 0 Å². The smallest absolute Gasteiger partial charge is 0.0250 e. The fraction of sp³-hybridized carbons (Fsp3) is 0.241. The first kappa shape index (κ1) is 19.6. The molecule has 30 heavy (non-hydrogen) atoms. The molecule has 0 aromatic heterocycles. The number of benzene rings is 3. The summed E-state index contributed by atoms with van der Waals surface area (Å²) in [6.07, 6.45) is 4.81. The van der Waals surface area contributed by atoms with E-state index in [-0.39, 0.29) is 5.41 Å². The Morgan fingerprint density at radius 2 is 1.23 bits per heavy atom. The van der Waals surface area contributed by atoms with Crippen molar-refractivity contribution in [3.63, 3.8) is 0 Å². The van der Waals surface area contributed by atoms with Gasteiger partial charge in [0.1, 0.15) is 0 Å². The second kappa shape index (κ2) is 7.10. The lowest BCUT2D eigenvalue weighted by Gasteiger charge is -2.41. The van der Waals surface area contributed by atoms with Gasteiger partial charge in [0.15, 0.2) is 0 Å². The lowest BCUT2D eigenvalue weighted by molar-refractivity contribution is 0.275. The van der Waals surface area contributed by atoms with Crippen molar-refractivity contribution in [2.75, 3.05) is 0 Å². The summed E-state index contributed by atoms with van der Waals surface area (Å²) in [5, 5.41) is 0. The molecule has 2 unspecified atom stereocenters. The molecule has 0 heterocycles. The molecule has 5 rings (SSSR count). The van der Waals surface area contributed by atoms with Crippen LogP contribution < -0.4 is 0 Å². The van der Waals surface area contributed by atoms with Crippen LogP contribution in [0.2, 0.25) is 0 Å². The van der Waals surface area contributed by atoms with Gasteiger partial charge < -0.3 is 0 Å². The molecule has 3 aromatic carbocycles. The van der Waals surface area contributed by atoms with Crippen LogP contribution in [0.4, 0.5) is 0 Å². The lowest BCUT2D eigenvalue weighted by atomic mass is 9.62. The van der Waals surface area contributed by atoms with Gasteiger partial charge in [-0.3, -0.25) is 0 Å². The summed E-state index contributed by atoms with van der Waals surface area (Å²) < 4.78 is 1.20. The Kier molecular flexibility index (Phi) is 4.63. The van der Waals surface area contributed by atoms with Crippen LogP contribution in [0, 0.1) is 5.41 Å². The molecule has 0 saturated carbocycles. The maximum Gasteiger partial charge on any atom is 0.0250 e. The zero-order valence-corrected chi connectivity index (χ0v) is 19.6. The molecule has 0 saturated heterocycles. The van der Waals surface area contributed by atoms with Crippen molar-refractivity contribution in [3.8, 4) is 11.1 Å². The molecule has 0 spiro atoms. The van der Waals surface area contributed by atoms with Gasteiger partial charge in [-0.2, -0.15) is 0 Å². The molecule has 2 atom stereocenters. The van der Waals surface area contributed by atoms with Crippen LogP contribution in [0.5, 0.6) is 0 Å². The highest BCUT2D eigenvalue weighted by molar-refractivity contribution is 9.10. The van der Waals surface area contributed by atoms with Gasteiger partial charge in [0.25, 0.3) is 0 Å². The quantitative estimate of drug-likeness (QED) is 0.370. The second-order valence-electron chi connectivity index (χ2n) is 9.38. The minimum Gasteiger partial charge on any atom is -0.0646 e. The standard InChI is InChI=1S/C29H27Br/c1-18-16-24-21(20-10-6-5-7-11-20)12-8-13-22(24)27(18)29(3,4)28-19(2)17-25-23(28)14-9-15-26(25)30/h5-17,27-28H,1-4H3. The number of fused-ring (bicyclic) bond motifs is 2. The predicted octanol–water partition coefficient (Wildman–Crippen LogP) is 8.84. The van der Waals surface area contributed by atoms with E-state index in [9.17, 15) is 0 Å². The Balaban J connectivity index is 1.64. The van der Waals surface area contributed by atoms with Crippen LogP contribution >= 0.6 is 15.9 Å². The van der Waals surface area contributed by atoms with Crippen molar-refractivity contribution in [2.45, 2.75) is 39.5 Å². The fourth-order valence-electron chi connectivity index (χ4n) is 6.08. The number of rotatable bonds is 3. The zero-order valence-electron chi connectivity index (χ0n) is 18.0. The first-order valence-corrected chi connectivity index (χ1v) is 11.5. The summed E-state index contributed by atoms with van der Waals surface area (Å²) in [7, 11) is 0. The van der Waals surface area contributed by atoms with Gasteiger partial charge in [0.05, 0.1) is 0 Å². The molecule has 0 bridgehead atoms. The van der Waals surface area contributed by atoms with E-state index in [0.29, 0.717) is 11.8 Å². The van der Waals surface area contributed by atoms with Gasteiger partial charge in [-0.1, -0.05) is 114 Å². The van der Waals surface area contributed by atoms with Crippen LogP contribution in [0.1, 0.15) is 61.8 Å². The van der Waals surface area contributed by atoms with Gasteiger partial charge >= 0.3 is 0 Å². The number of hydrogen-bond acceptors (Lipinski definition) is 0. The maximum absolute atomic E-state index is 3.77. The molecule has 0 amide bonds. The molecule has 0 N–H and O–H groups in total. The fourth-order valence-corrected chi connectivity index (χ4v) is 6.57. The molecule has 150 valence electrons. The van der Waals surface area contributed by atoms with Crippen molar-refractivity contribution in [1.29, 1.82) is 0 Å². The molecule has 2 aliphatic rings. The van der Waals surface area contributed by atoms with Gasteiger partial charge in [-0.15, -0.1) is 0 Å². The van der Waals surface area contributed by atoms with Crippen LogP contribution in [0.3, 0.4) is 0 Å². The molecular formula is C29H27Br. The van der Waals surface area contributed by atoms with E-state index in [1.165, 1.54) is 49.0 Å². The monoisotopic (exact) mass is 454 g/mol. The molecule has 3 aromatic rings. The van der Waals surface area contributed by atoms with Crippen molar-refractivity contribution < 1.29 is 0 Å². The summed E-state index contributed by atoms with van der Waals surface area (Å²) in [4.78, 5) is 0. The molecule has 0 nitrogen and oxygen atoms in total. The second-order valence-corrected chi connectivity index (χ2v) is 10.2. The highest BCUT2D eigenvalue weighted by atomic mass is 79.9. The minimum absolute atomic E-state index is 0.0633. The third-order valence-corrected chi connectivity index (χ3v) is 7.77. The van der Waals surface area contributed by atoms with E-state index < -0.39 is 0 Å². The Labute approximate surface area is 188 Å². The average molecular weight is 455 g/mol. The number of hydrogen-bond donors (Lipinski definition) is 0. The van der Waals surface area contributed by atoms with Gasteiger partial charge in [0.2, 0.25) is 0 Å². The summed E-state index contributed by atoms with van der Waals surface area (Å²) in [6.45, 7) is 9.53. The predicted molar refractivity (Wildman–Crippen MR) is 133 cm³/mol.